The van der Waals surface area contributed by atoms with Crippen LogP contribution in [0.15, 0.2) is 12.3 Å². The van der Waals surface area contributed by atoms with Crippen molar-refractivity contribution in [2.75, 3.05) is 5.73 Å². The molecule has 7 heteroatoms. The van der Waals surface area contributed by atoms with Crippen molar-refractivity contribution in [3.05, 3.63) is 34.4 Å². The molecule has 0 bridgehead atoms. The normalized spacial score (nSPS) is 10.9. The highest BCUT2D eigenvalue weighted by Crippen LogP contribution is 2.22. The summed E-state index contributed by atoms with van der Waals surface area (Å²) in [5, 5.41) is 4.84. The van der Waals surface area contributed by atoms with E-state index >= 15 is 0 Å². The summed E-state index contributed by atoms with van der Waals surface area (Å²) in [4.78, 5) is 12.1. The number of rotatable bonds is 5. The number of halogens is 1. The predicted octanol–water partition coefficient (Wildman–Crippen LogP) is 2.40. The number of aromatic nitrogens is 3. The highest BCUT2D eigenvalue weighted by Gasteiger charge is 2.17. The van der Waals surface area contributed by atoms with Crippen molar-refractivity contribution < 1.29 is 9.53 Å². The zero-order valence-corrected chi connectivity index (χ0v) is 13.1. The van der Waals surface area contributed by atoms with Gasteiger partial charge in [-0.05, 0) is 19.4 Å². The molecule has 0 aliphatic heterocycles. The summed E-state index contributed by atoms with van der Waals surface area (Å²) in [6.45, 7) is 4.63. The fourth-order valence-corrected chi connectivity index (χ4v) is 2.50. The molecule has 2 rings (SSSR count). The van der Waals surface area contributed by atoms with E-state index in [0.29, 0.717) is 28.6 Å². The molecule has 21 heavy (non-hydrogen) atoms. The van der Waals surface area contributed by atoms with Crippen molar-refractivity contribution in [3.63, 3.8) is 0 Å². The monoisotopic (exact) mass is 310 g/mol. The number of carbonyl (C=O) groups excluding carboxylic acids is 1. The Kier molecular flexibility index (Phi) is 4.57. The van der Waals surface area contributed by atoms with Gasteiger partial charge in [0.2, 0.25) is 0 Å². The fraction of sp³-hybridized carbons (Fsp3) is 0.429. The Morgan fingerprint density at radius 2 is 2.19 bits per heavy atom. The van der Waals surface area contributed by atoms with Crippen LogP contribution in [0, 0.1) is 0 Å². The molecular weight excluding hydrogens is 292 g/mol. The van der Waals surface area contributed by atoms with Gasteiger partial charge in [-0.2, -0.15) is 5.10 Å². The molecule has 0 amide bonds. The third kappa shape index (κ3) is 3.05. The largest absolute Gasteiger partial charge is 0.454 e. The van der Waals surface area contributed by atoms with Crippen LogP contribution in [0.1, 0.15) is 35.7 Å². The molecule has 2 N–H and O–H groups in total. The summed E-state index contributed by atoms with van der Waals surface area (Å²) in [6.07, 6.45) is 2.44. The number of nitrogen functional groups attached to an aromatic ring is 1. The number of carbonyl (C=O) groups is 1. The molecule has 114 valence electrons. The van der Waals surface area contributed by atoms with Crippen LogP contribution in [0.25, 0.3) is 0 Å². The molecule has 0 aliphatic carbocycles. The summed E-state index contributed by atoms with van der Waals surface area (Å²) >= 11 is 6.22. The number of anilines is 1. The Morgan fingerprint density at radius 1 is 1.48 bits per heavy atom. The van der Waals surface area contributed by atoms with E-state index in [-0.39, 0.29) is 6.61 Å². The minimum absolute atomic E-state index is 0.0793. The minimum Gasteiger partial charge on any atom is -0.454 e. The van der Waals surface area contributed by atoms with E-state index in [1.807, 2.05) is 13.8 Å². The zero-order valence-electron chi connectivity index (χ0n) is 12.4. The number of ether oxygens (including phenoxy) is 1. The smallest absolute Gasteiger partial charge is 0.355 e. The van der Waals surface area contributed by atoms with E-state index in [1.165, 1.54) is 0 Å². The number of nitrogens with two attached hydrogens (primary N) is 1. The molecule has 2 aromatic heterocycles. The number of esters is 1. The van der Waals surface area contributed by atoms with Crippen LogP contribution in [-0.4, -0.2) is 20.3 Å². The number of nitrogens with zero attached hydrogens (tertiary/aromatic N) is 3. The first-order valence-electron chi connectivity index (χ1n) is 6.80. The van der Waals surface area contributed by atoms with Gasteiger partial charge in [0, 0.05) is 19.8 Å². The van der Waals surface area contributed by atoms with Crippen molar-refractivity contribution >= 4 is 23.3 Å². The third-order valence-electron chi connectivity index (χ3n) is 3.31. The molecule has 2 aromatic rings. The van der Waals surface area contributed by atoms with E-state index in [1.54, 1.807) is 28.6 Å². The van der Waals surface area contributed by atoms with Gasteiger partial charge in [0.15, 0.2) is 0 Å². The Balaban J connectivity index is 2.13. The van der Waals surface area contributed by atoms with E-state index in [4.69, 9.17) is 22.1 Å². The number of hydrogen-bond donors (Lipinski definition) is 1. The average Bonchev–Trinajstić information content (AvgIpc) is 2.97. The molecule has 0 saturated carbocycles. The standard InChI is InChI=1S/C14H19ClN4O2/c1-4-10-13(15)12(18(3)17-10)8-21-14(20)11-6-9(16)7-19(11)5-2/h6-7H,4-5,8,16H2,1-3H3. The fourth-order valence-electron chi connectivity index (χ4n) is 2.15. The van der Waals surface area contributed by atoms with Crippen LogP contribution >= 0.6 is 11.6 Å². The summed E-state index contributed by atoms with van der Waals surface area (Å²) < 4.78 is 8.72. The maximum Gasteiger partial charge on any atom is 0.355 e. The van der Waals surface area contributed by atoms with Gasteiger partial charge in [0.05, 0.1) is 22.1 Å². The topological polar surface area (TPSA) is 75.1 Å². The first kappa shape index (κ1) is 15.4. The van der Waals surface area contributed by atoms with Crippen molar-refractivity contribution in [3.8, 4) is 0 Å². The lowest BCUT2D eigenvalue weighted by Crippen LogP contribution is -2.12. The van der Waals surface area contributed by atoms with Gasteiger partial charge in [0.25, 0.3) is 0 Å². The maximum absolute atomic E-state index is 12.1. The second-order valence-electron chi connectivity index (χ2n) is 4.71. The zero-order chi connectivity index (χ0) is 15.6. The molecule has 0 aliphatic rings. The molecule has 0 fully saturated rings. The SMILES string of the molecule is CCc1nn(C)c(COC(=O)c2cc(N)cn2CC)c1Cl. The van der Waals surface area contributed by atoms with Crippen LogP contribution in [0.4, 0.5) is 5.69 Å². The molecule has 6 nitrogen and oxygen atoms in total. The summed E-state index contributed by atoms with van der Waals surface area (Å²) in [5.74, 6) is -0.427. The van der Waals surface area contributed by atoms with E-state index in [0.717, 1.165) is 12.1 Å². The third-order valence-corrected chi connectivity index (χ3v) is 3.75. The maximum atomic E-state index is 12.1. The molecule has 0 spiro atoms. The molecule has 2 heterocycles. The Morgan fingerprint density at radius 3 is 2.76 bits per heavy atom. The van der Waals surface area contributed by atoms with Crippen molar-refractivity contribution in [1.29, 1.82) is 0 Å². The van der Waals surface area contributed by atoms with Gasteiger partial charge in [0.1, 0.15) is 12.3 Å². The number of aryl methyl sites for hydroxylation is 3. The summed E-state index contributed by atoms with van der Waals surface area (Å²) in [7, 11) is 1.78. The Labute approximate surface area is 128 Å². The van der Waals surface area contributed by atoms with Crippen LogP contribution < -0.4 is 5.73 Å². The van der Waals surface area contributed by atoms with E-state index < -0.39 is 5.97 Å². The van der Waals surface area contributed by atoms with Crippen LogP contribution in [0.3, 0.4) is 0 Å². The second-order valence-corrected chi connectivity index (χ2v) is 5.08. The first-order valence-corrected chi connectivity index (χ1v) is 7.18. The van der Waals surface area contributed by atoms with E-state index in [9.17, 15) is 4.79 Å². The van der Waals surface area contributed by atoms with Crippen molar-refractivity contribution in [2.24, 2.45) is 7.05 Å². The van der Waals surface area contributed by atoms with Gasteiger partial charge in [-0.15, -0.1) is 0 Å². The van der Waals surface area contributed by atoms with Gasteiger partial charge in [-0.25, -0.2) is 4.79 Å². The summed E-state index contributed by atoms with van der Waals surface area (Å²) in [5.41, 5.74) is 8.16. The van der Waals surface area contributed by atoms with Gasteiger partial charge >= 0.3 is 5.97 Å². The van der Waals surface area contributed by atoms with Crippen molar-refractivity contribution in [1.82, 2.24) is 14.3 Å². The lowest BCUT2D eigenvalue weighted by atomic mass is 10.3. The minimum atomic E-state index is -0.427. The Bertz CT molecular complexity index is 660. The van der Waals surface area contributed by atoms with Crippen molar-refractivity contribution in [2.45, 2.75) is 33.4 Å². The number of hydrogen-bond acceptors (Lipinski definition) is 4. The van der Waals surface area contributed by atoms with Crippen LogP contribution in [-0.2, 0) is 31.4 Å². The molecular formula is C14H19ClN4O2. The molecule has 0 atom stereocenters. The van der Waals surface area contributed by atoms with Gasteiger partial charge in [-0.1, -0.05) is 18.5 Å². The highest BCUT2D eigenvalue weighted by atomic mass is 35.5. The second kappa shape index (κ2) is 6.22. The highest BCUT2D eigenvalue weighted by molar-refractivity contribution is 6.31. The van der Waals surface area contributed by atoms with Crippen LogP contribution in [0.2, 0.25) is 5.02 Å². The van der Waals surface area contributed by atoms with Gasteiger partial charge < -0.3 is 15.0 Å². The lowest BCUT2D eigenvalue weighted by Gasteiger charge is -2.07. The molecule has 0 aromatic carbocycles. The Hall–Kier alpha value is -1.95. The molecule has 0 radical (unpaired) electrons. The summed E-state index contributed by atoms with van der Waals surface area (Å²) in [6, 6.07) is 1.61. The predicted molar refractivity (Wildman–Crippen MR) is 81.2 cm³/mol. The first-order chi connectivity index (χ1) is 9.97. The molecule has 0 saturated heterocycles. The molecule has 0 unspecified atom stereocenters. The quantitative estimate of drug-likeness (QED) is 0.860. The average molecular weight is 311 g/mol. The van der Waals surface area contributed by atoms with Gasteiger partial charge in [-0.3, -0.25) is 4.68 Å². The van der Waals surface area contributed by atoms with E-state index in [2.05, 4.69) is 5.10 Å². The van der Waals surface area contributed by atoms with Crippen LogP contribution in [0.5, 0.6) is 0 Å². The lowest BCUT2D eigenvalue weighted by molar-refractivity contribution is 0.0451.